The number of rotatable bonds is 7. The van der Waals surface area contributed by atoms with Gasteiger partial charge in [-0.3, -0.25) is 4.79 Å². The summed E-state index contributed by atoms with van der Waals surface area (Å²) in [5, 5.41) is 12.1. The molecule has 0 radical (unpaired) electrons. The van der Waals surface area contributed by atoms with Crippen LogP contribution < -0.4 is 10.1 Å². The Morgan fingerprint density at radius 1 is 0.969 bits per heavy atom. The molecule has 6 nitrogen and oxygen atoms in total. The molecule has 4 rings (SSSR count). The van der Waals surface area contributed by atoms with E-state index in [0.29, 0.717) is 28.4 Å². The summed E-state index contributed by atoms with van der Waals surface area (Å²) in [5.74, 6) is 0.965. The van der Waals surface area contributed by atoms with Gasteiger partial charge in [-0.15, -0.1) is 10.2 Å². The number of amides is 1. The molecular weight excluding hydrogens is 400 g/mol. The first-order valence-corrected chi connectivity index (χ1v) is 11.0. The van der Waals surface area contributed by atoms with Gasteiger partial charge < -0.3 is 10.1 Å². The molecular formula is C26H28N4O2. The number of nitrogens with one attached hydrogen (secondary N) is 1. The fraction of sp³-hybridized carbons (Fsp3) is 0.269. The molecule has 0 aliphatic rings. The van der Waals surface area contributed by atoms with E-state index in [0.717, 1.165) is 17.6 Å². The topological polar surface area (TPSA) is 69.0 Å². The lowest BCUT2D eigenvalue weighted by atomic mass is 10.0. The number of carbonyl (C=O) groups excluding carboxylic acids is 1. The second kappa shape index (κ2) is 9.22. The molecule has 0 fully saturated rings. The van der Waals surface area contributed by atoms with Gasteiger partial charge in [0.2, 0.25) is 0 Å². The third-order valence-electron chi connectivity index (χ3n) is 5.44. The maximum atomic E-state index is 12.8. The maximum Gasteiger partial charge on any atom is 0.255 e. The van der Waals surface area contributed by atoms with Gasteiger partial charge in [-0.25, -0.2) is 0 Å². The Balaban J connectivity index is 1.52. The molecule has 0 aliphatic carbocycles. The molecule has 1 amide bonds. The van der Waals surface area contributed by atoms with Crippen LogP contribution in [-0.2, 0) is 0 Å². The zero-order valence-corrected chi connectivity index (χ0v) is 18.9. The average Bonchev–Trinajstić information content (AvgIpc) is 3.22. The summed E-state index contributed by atoms with van der Waals surface area (Å²) in [7, 11) is 0. The zero-order chi connectivity index (χ0) is 22.7. The number of carbonyl (C=O) groups is 1. The van der Waals surface area contributed by atoms with Gasteiger partial charge in [0.15, 0.2) is 0 Å². The van der Waals surface area contributed by atoms with Crippen molar-refractivity contribution in [3.63, 3.8) is 0 Å². The summed E-state index contributed by atoms with van der Waals surface area (Å²) in [5.41, 5.74) is 4.85. The largest absolute Gasteiger partial charge is 0.491 e. The van der Waals surface area contributed by atoms with E-state index in [1.54, 1.807) is 16.9 Å². The Morgan fingerprint density at radius 2 is 1.72 bits per heavy atom. The standard InChI is InChI=1S/C26H28N4O2/c1-5-18(4)32-23-8-6-7-20(15-23)26(31)27-21-11-14-24-25(16-21)29-30(28-24)22-12-9-19(10-13-22)17(2)3/h6-18H,5H2,1-4H3,(H,27,31)/t18-/m0/s1. The predicted molar refractivity (Wildman–Crippen MR) is 128 cm³/mol. The fourth-order valence-electron chi connectivity index (χ4n) is 3.33. The summed E-state index contributed by atoms with van der Waals surface area (Å²) < 4.78 is 5.83. The number of benzene rings is 3. The van der Waals surface area contributed by atoms with E-state index in [1.165, 1.54) is 5.56 Å². The van der Waals surface area contributed by atoms with Crippen molar-refractivity contribution >= 4 is 22.6 Å². The highest BCUT2D eigenvalue weighted by atomic mass is 16.5. The van der Waals surface area contributed by atoms with Crippen LogP contribution >= 0.6 is 0 Å². The Hall–Kier alpha value is -3.67. The Labute approximate surface area is 188 Å². The third kappa shape index (κ3) is 4.80. The van der Waals surface area contributed by atoms with E-state index in [2.05, 4.69) is 48.4 Å². The zero-order valence-electron chi connectivity index (χ0n) is 18.9. The van der Waals surface area contributed by atoms with Crippen molar-refractivity contribution in [3.05, 3.63) is 77.9 Å². The lowest BCUT2D eigenvalue weighted by Gasteiger charge is -2.13. The number of nitrogens with zero attached hydrogens (tertiary/aromatic N) is 3. The van der Waals surface area contributed by atoms with E-state index >= 15 is 0 Å². The monoisotopic (exact) mass is 428 g/mol. The normalized spacial score (nSPS) is 12.2. The number of hydrogen-bond acceptors (Lipinski definition) is 4. The second-order valence-electron chi connectivity index (χ2n) is 8.26. The van der Waals surface area contributed by atoms with Crippen LogP contribution in [0.3, 0.4) is 0 Å². The van der Waals surface area contributed by atoms with Crippen molar-refractivity contribution < 1.29 is 9.53 Å². The van der Waals surface area contributed by atoms with Gasteiger partial charge >= 0.3 is 0 Å². The highest BCUT2D eigenvalue weighted by Gasteiger charge is 2.11. The number of fused-ring (bicyclic) bond motifs is 1. The molecule has 6 heteroatoms. The molecule has 4 aromatic rings. The summed E-state index contributed by atoms with van der Waals surface area (Å²) >= 11 is 0. The van der Waals surface area contributed by atoms with Crippen molar-refractivity contribution in [1.82, 2.24) is 15.0 Å². The van der Waals surface area contributed by atoms with Crippen LogP contribution in [0.4, 0.5) is 5.69 Å². The van der Waals surface area contributed by atoms with Crippen LogP contribution in [0.25, 0.3) is 16.7 Å². The first kappa shape index (κ1) is 21.6. The van der Waals surface area contributed by atoms with Gasteiger partial charge in [0, 0.05) is 11.3 Å². The molecule has 0 bridgehead atoms. The minimum Gasteiger partial charge on any atom is -0.491 e. The second-order valence-corrected chi connectivity index (χ2v) is 8.26. The molecule has 1 atom stereocenters. The van der Waals surface area contributed by atoms with Crippen LogP contribution in [0, 0.1) is 0 Å². The number of aromatic nitrogens is 3. The number of ether oxygens (including phenoxy) is 1. The van der Waals surface area contributed by atoms with E-state index in [4.69, 9.17) is 4.74 Å². The van der Waals surface area contributed by atoms with Crippen LogP contribution in [0.2, 0.25) is 0 Å². The summed E-state index contributed by atoms with van der Waals surface area (Å²) in [6, 6.07) is 21.0. The molecule has 1 N–H and O–H groups in total. The van der Waals surface area contributed by atoms with E-state index in [-0.39, 0.29) is 12.0 Å². The fourth-order valence-corrected chi connectivity index (χ4v) is 3.33. The highest BCUT2D eigenvalue weighted by molar-refractivity contribution is 6.05. The third-order valence-corrected chi connectivity index (χ3v) is 5.44. The van der Waals surface area contributed by atoms with Gasteiger partial charge in [0.05, 0.1) is 11.8 Å². The smallest absolute Gasteiger partial charge is 0.255 e. The van der Waals surface area contributed by atoms with Crippen LogP contribution in [-0.4, -0.2) is 27.0 Å². The predicted octanol–water partition coefficient (Wildman–Crippen LogP) is 5.97. The average molecular weight is 429 g/mol. The van der Waals surface area contributed by atoms with E-state index < -0.39 is 0 Å². The molecule has 1 aromatic heterocycles. The van der Waals surface area contributed by atoms with Crippen LogP contribution in [0.1, 0.15) is 56.0 Å². The molecule has 0 saturated heterocycles. The summed E-state index contributed by atoms with van der Waals surface area (Å²) in [4.78, 5) is 14.4. The molecule has 164 valence electrons. The van der Waals surface area contributed by atoms with E-state index in [1.807, 2.05) is 49.4 Å². The first-order chi connectivity index (χ1) is 15.4. The molecule has 0 saturated carbocycles. The lowest BCUT2D eigenvalue weighted by Crippen LogP contribution is -2.13. The molecule has 0 aliphatic heterocycles. The van der Waals surface area contributed by atoms with Crippen LogP contribution in [0.15, 0.2) is 66.7 Å². The molecule has 32 heavy (non-hydrogen) atoms. The van der Waals surface area contributed by atoms with Crippen molar-refractivity contribution in [3.8, 4) is 11.4 Å². The van der Waals surface area contributed by atoms with Gasteiger partial charge in [-0.2, -0.15) is 4.80 Å². The Bertz CT molecular complexity index is 1230. The van der Waals surface area contributed by atoms with Crippen LogP contribution in [0.5, 0.6) is 5.75 Å². The molecule has 3 aromatic carbocycles. The van der Waals surface area contributed by atoms with Crippen molar-refractivity contribution in [1.29, 1.82) is 0 Å². The Morgan fingerprint density at radius 3 is 2.44 bits per heavy atom. The van der Waals surface area contributed by atoms with Crippen molar-refractivity contribution in [2.24, 2.45) is 0 Å². The van der Waals surface area contributed by atoms with Crippen molar-refractivity contribution in [2.75, 3.05) is 5.32 Å². The molecule has 0 spiro atoms. The quantitative estimate of drug-likeness (QED) is 0.393. The lowest BCUT2D eigenvalue weighted by molar-refractivity contribution is 0.102. The SMILES string of the molecule is CC[C@H](C)Oc1cccc(C(=O)Nc2ccc3nn(-c4ccc(C(C)C)cc4)nc3c2)c1. The molecule has 0 unspecified atom stereocenters. The van der Waals surface area contributed by atoms with Gasteiger partial charge in [-0.1, -0.05) is 39.0 Å². The molecule has 1 heterocycles. The van der Waals surface area contributed by atoms with Gasteiger partial charge in [-0.05, 0) is 73.4 Å². The summed E-state index contributed by atoms with van der Waals surface area (Å²) in [6.45, 7) is 8.41. The number of hydrogen-bond donors (Lipinski definition) is 1. The van der Waals surface area contributed by atoms with Gasteiger partial charge in [0.1, 0.15) is 16.8 Å². The minimum atomic E-state index is -0.199. The van der Waals surface area contributed by atoms with Gasteiger partial charge in [0.25, 0.3) is 5.91 Å². The minimum absolute atomic E-state index is 0.0971. The first-order valence-electron chi connectivity index (χ1n) is 11.0. The number of anilines is 1. The highest BCUT2D eigenvalue weighted by Crippen LogP contribution is 2.21. The summed E-state index contributed by atoms with van der Waals surface area (Å²) in [6.07, 6.45) is 0.999. The van der Waals surface area contributed by atoms with E-state index in [9.17, 15) is 4.79 Å². The van der Waals surface area contributed by atoms with Crippen molar-refractivity contribution in [2.45, 2.75) is 46.1 Å². The maximum absolute atomic E-state index is 12.8. The Kier molecular flexibility index (Phi) is 6.21.